The SMILES string of the molecule is OC1CC2CCC(C1)N2CC1CCCC1. The van der Waals surface area contributed by atoms with Gasteiger partial charge in [-0.1, -0.05) is 12.8 Å². The number of piperidine rings is 1. The molecule has 0 aromatic rings. The zero-order valence-electron chi connectivity index (χ0n) is 9.57. The molecule has 1 N–H and O–H groups in total. The molecule has 2 aliphatic heterocycles. The van der Waals surface area contributed by atoms with E-state index in [0.717, 1.165) is 30.8 Å². The van der Waals surface area contributed by atoms with Crippen molar-refractivity contribution in [3.63, 3.8) is 0 Å². The van der Waals surface area contributed by atoms with Crippen molar-refractivity contribution in [2.75, 3.05) is 6.54 Å². The first kappa shape index (κ1) is 10.1. The Morgan fingerprint density at radius 1 is 0.933 bits per heavy atom. The molecular formula is C13H23NO. The molecule has 0 aromatic carbocycles. The van der Waals surface area contributed by atoms with Crippen LogP contribution in [-0.4, -0.2) is 34.7 Å². The highest BCUT2D eigenvalue weighted by molar-refractivity contribution is 4.96. The second-order valence-electron chi connectivity index (χ2n) is 5.86. The summed E-state index contributed by atoms with van der Waals surface area (Å²) in [6.07, 6.45) is 10.6. The van der Waals surface area contributed by atoms with Crippen molar-refractivity contribution in [2.45, 2.75) is 69.6 Å². The number of fused-ring (bicyclic) bond motifs is 2. The number of aliphatic hydroxyl groups is 1. The summed E-state index contributed by atoms with van der Waals surface area (Å²) in [5.41, 5.74) is 0. The smallest absolute Gasteiger partial charge is 0.0570 e. The second kappa shape index (κ2) is 4.06. The summed E-state index contributed by atoms with van der Waals surface area (Å²) >= 11 is 0. The number of hydrogen-bond acceptors (Lipinski definition) is 2. The van der Waals surface area contributed by atoms with Gasteiger partial charge < -0.3 is 5.11 Å². The molecule has 0 radical (unpaired) electrons. The predicted molar refractivity (Wildman–Crippen MR) is 60.7 cm³/mol. The van der Waals surface area contributed by atoms with Crippen molar-refractivity contribution >= 4 is 0 Å². The molecular weight excluding hydrogens is 186 g/mol. The minimum Gasteiger partial charge on any atom is -0.393 e. The minimum absolute atomic E-state index is 0.00216. The molecule has 0 spiro atoms. The quantitative estimate of drug-likeness (QED) is 0.753. The molecule has 0 amide bonds. The van der Waals surface area contributed by atoms with E-state index >= 15 is 0 Å². The molecule has 1 saturated carbocycles. The van der Waals surface area contributed by atoms with Crippen LogP contribution in [0, 0.1) is 5.92 Å². The highest BCUT2D eigenvalue weighted by atomic mass is 16.3. The Balaban J connectivity index is 1.61. The maximum absolute atomic E-state index is 9.74. The normalized spacial score (nSPS) is 42.6. The van der Waals surface area contributed by atoms with Crippen LogP contribution in [0.5, 0.6) is 0 Å². The van der Waals surface area contributed by atoms with Gasteiger partial charge >= 0.3 is 0 Å². The van der Waals surface area contributed by atoms with Gasteiger partial charge in [-0.3, -0.25) is 4.90 Å². The number of rotatable bonds is 2. The van der Waals surface area contributed by atoms with E-state index in [4.69, 9.17) is 0 Å². The Morgan fingerprint density at radius 3 is 2.13 bits per heavy atom. The first-order valence-corrected chi connectivity index (χ1v) is 6.77. The van der Waals surface area contributed by atoms with Crippen LogP contribution in [0.4, 0.5) is 0 Å². The van der Waals surface area contributed by atoms with E-state index in [1.807, 2.05) is 0 Å². The van der Waals surface area contributed by atoms with E-state index in [0.29, 0.717) is 0 Å². The summed E-state index contributed by atoms with van der Waals surface area (Å²) in [6, 6.07) is 1.44. The molecule has 2 bridgehead atoms. The van der Waals surface area contributed by atoms with Crippen LogP contribution < -0.4 is 0 Å². The van der Waals surface area contributed by atoms with Gasteiger partial charge in [-0.05, 0) is 44.4 Å². The first-order chi connectivity index (χ1) is 7.33. The summed E-state index contributed by atoms with van der Waals surface area (Å²) in [5, 5.41) is 9.74. The Hall–Kier alpha value is -0.0800. The maximum Gasteiger partial charge on any atom is 0.0570 e. The van der Waals surface area contributed by atoms with Gasteiger partial charge in [0.2, 0.25) is 0 Å². The molecule has 3 aliphatic rings. The van der Waals surface area contributed by atoms with Gasteiger partial charge in [-0.25, -0.2) is 0 Å². The van der Waals surface area contributed by atoms with Crippen LogP contribution >= 0.6 is 0 Å². The van der Waals surface area contributed by atoms with Crippen molar-refractivity contribution in [3.8, 4) is 0 Å². The topological polar surface area (TPSA) is 23.5 Å². The van der Waals surface area contributed by atoms with Crippen LogP contribution in [0.1, 0.15) is 51.4 Å². The average Bonchev–Trinajstić information content (AvgIpc) is 2.77. The van der Waals surface area contributed by atoms with Gasteiger partial charge in [-0.15, -0.1) is 0 Å². The third-order valence-electron chi connectivity index (χ3n) is 4.80. The standard InChI is InChI=1S/C13H23NO/c15-13-7-11-5-6-12(8-13)14(11)9-10-3-1-2-4-10/h10-13,15H,1-9H2. The van der Waals surface area contributed by atoms with Crippen LogP contribution in [-0.2, 0) is 0 Å². The fourth-order valence-corrected chi connectivity index (χ4v) is 4.03. The summed E-state index contributed by atoms with van der Waals surface area (Å²) in [4.78, 5) is 2.74. The lowest BCUT2D eigenvalue weighted by Gasteiger charge is -2.38. The van der Waals surface area contributed by atoms with E-state index in [2.05, 4.69) is 4.90 Å². The van der Waals surface area contributed by atoms with E-state index < -0.39 is 0 Å². The van der Waals surface area contributed by atoms with Crippen molar-refractivity contribution in [1.29, 1.82) is 0 Å². The highest BCUT2D eigenvalue weighted by Crippen LogP contribution is 2.38. The Labute approximate surface area is 92.7 Å². The molecule has 2 heteroatoms. The molecule has 2 heterocycles. The fourth-order valence-electron chi connectivity index (χ4n) is 4.03. The van der Waals surface area contributed by atoms with Crippen molar-refractivity contribution in [2.24, 2.45) is 5.92 Å². The third-order valence-corrected chi connectivity index (χ3v) is 4.80. The zero-order valence-corrected chi connectivity index (χ0v) is 9.57. The van der Waals surface area contributed by atoms with Gasteiger partial charge in [0, 0.05) is 18.6 Å². The molecule has 2 unspecified atom stereocenters. The van der Waals surface area contributed by atoms with E-state index in [-0.39, 0.29) is 6.10 Å². The monoisotopic (exact) mass is 209 g/mol. The Bertz CT molecular complexity index is 211. The molecule has 2 saturated heterocycles. The highest BCUT2D eigenvalue weighted by Gasteiger charge is 2.40. The molecule has 2 nitrogen and oxygen atoms in total. The largest absolute Gasteiger partial charge is 0.393 e. The number of hydrogen-bond donors (Lipinski definition) is 1. The van der Waals surface area contributed by atoms with E-state index in [1.165, 1.54) is 45.1 Å². The number of nitrogens with zero attached hydrogens (tertiary/aromatic N) is 1. The zero-order chi connectivity index (χ0) is 10.3. The first-order valence-electron chi connectivity index (χ1n) is 6.77. The van der Waals surface area contributed by atoms with Gasteiger partial charge in [-0.2, -0.15) is 0 Å². The lowest BCUT2D eigenvalue weighted by molar-refractivity contribution is 0.0274. The van der Waals surface area contributed by atoms with E-state index in [1.54, 1.807) is 0 Å². The van der Waals surface area contributed by atoms with Crippen LogP contribution in [0.15, 0.2) is 0 Å². The molecule has 3 rings (SSSR count). The second-order valence-corrected chi connectivity index (χ2v) is 5.86. The maximum atomic E-state index is 9.74. The predicted octanol–water partition coefficient (Wildman–Crippen LogP) is 2.16. The Kier molecular flexibility index (Phi) is 2.73. The lowest BCUT2D eigenvalue weighted by Crippen LogP contribution is -2.46. The average molecular weight is 209 g/mol. The van der Waals surface area contributed by atoms with E-state index in [9.17, 15) is 5.11 Å². The molecule has 3 fully saturated rings. The Morgan fingerprint density at radius 2 is 1.53 bits per heavy atom. The van der Waals surface area contributed by atoms with Gasteiger partial charge in [0.1, 0.15) is 0 Å². The molecule has 15 heavy (non-hydrogen) atoms. The summed E-state index contributed by atoms with van der Waals surface area (Å²) in [5.74, 6) is 0.975. The summed E-state index contributed by atoms with van der Waals surface area (Å²) < 4.78 is 0. The number of aliphatic hydroxyl groups excluding tert-OH is 1. The summed E-state index contributed by atoms with van der Waals surface area (Å²) in [7, 11) is 0. The van der Waals surface area contributed by atoms with Crippen LogP contribution in [0.3, 0.4) is 0 Å². The van der Waals surface area contributed by atoms with Gasteiger partial charge in [0.05, 0.1) is 6.10 Å². The van der Waals surface area contributed by atoms with Crippen molar-refractivity contribution in [3.05, 3.63) is 0 Å². The summed E-state index contributed by atoms with van der Waals surface area (Å²) in [6.45, 7) is 1.34. The third kappa shape index (κ3) is 1.94. The van der Waals surface area contributed by atoms with Crippen molar-refractivity contribution in [1.82, 2.24) is 4.90 Å². The molecule has 1 aliphatic carbocycles. The van der Waals surface area contributed by atoms with Gasteiger partial charge in [0.25, 0.3) is 0 Å². The van der Waals surface area contributed by atoms with Crippen LogP contribution in [0.25, 0.3) is 0 Å². The van der Waals surface area contributed by atoms with Crippen molar-refractivity contribution < 1.29 is 5.11 Å². The van der Waals surface area contributed by atoms with Crippen LogP contribution in [0.2, 0.25) is 0 Å². The minimum atomic E-state index is 0.00216. The molecule has 2 atom stereocenters. The molecule has 86 valence electrons. The lowest BCUT2D eigenvalue weighted by atomic mass is 9.97. The fraction of sp³-hybridized carbons (Fsp3) is 1.00. The molecule has 0 aromatic heterocycles. The van der Waals surface area contributed by atoms with Gasteiger partial charge in [0.15, 0.2) is 0 Å².